The smallest absolute Gasteiger partial charge is 0.255 e. The van der Waals surface area contributed by atoms with E-state index < -0.39 is 46.2 Å². The van der Waals surface area contributed by atoms with Gasteiger partial charge in [-0.1, -0.05) is 0 Å². The summed E-state index contributed by atoms with van der Waals surface area (Å²) in [5.74, 6) is -11.3. The molecule has 0 fully saturated rings. The highest BCUT2D eigenvalue weighted by Gasteiger charge is 2.31. The number of hydrogen-bond acceptors (Lipinski definition) is 2. The molecule has 0 spiro atoms. The second-order valence-electron chi connectivity index (χ2n) is 2.95. The molecule has 1 aromatic carbocycles. The second kappa shape index (κ2) is 4.40. The topological polar surface area (TPSA) is 72.2 Å². The molecule has 0 saturated heterocycles. The maximum absolute atomic E-state index is 13.3. The third kappa shape index (κ3) is 1.93. The predicted octanol–water partition coefficient (Wildman–Crippen LogP) is 0.702. The molecule has 0 aliphatic rings. The third-order valence-electron chi connectivity index (χ3n) is 1.97. The standard InChI is InChI=1S/C9H6F4N2O2/c1-15-9(17)3-2(8(14)16)4(10)6(12)7(13)5(3)11/h1H3,(H2,14,16)(H,15,17). The van der Waals surface area contributed by atoms with Crippen molar-refractivity contribution >= 4 is 11.8 Å². The Kier molecular flexibility index (Phi) is 3.35. The van der Waals surface area contributed by atoms with Gasteiger partial charge in [-0.15, -0.1) is 0 Å². The largest absolute Gasteiger partial charge is 0.365 e. The minimum Gasteiger partial charge on any atom is -0.365 e. The Hall–Kier alpha value is -2.12. The fourth-order valence-corrected chi connectivity index (χ4v) is 1.20. The first kappa shape index (κ1) is 12.9. The van der Waals surface area contributed by atoms with Crippen molar-refractivity contribution in [1.29, 1.82) is 0 Å². The van der Waals surface area contributed by atoms with E-state index in [9.17, 15) is 27.2 Å². The van der Waals surface area contributed by atoms with Gasteiger partial charge in [-0.3, -0.25) is 9.59 Å². The molecule has 3 N–H and O–H groups in total. The average Bonchev–Trinajstić information content (AvgIpc) is 2.29. The van der Waals surface area contributed by atoms with Crippen LogP contribution in [0.5, 0.6) is 0 Å². The van der Waals surface area contributed by atoms with E-state index in [1.54, 1.807) is 0 Å². The Bertz CT molecular complexity index is 516. The number of nitrogens with two attached hydrogens (primary N) is 1. The third-order valence-corrected chi connectivity index (χ3v) is 1.97. The fraction of sp³-hybridized carbons (Fsp3) is 0.111. The van der Waals surface area contributed by atoms with Crippen LogP contribution in [0.4, 0.5) is 17.6 Å². The van der Waals surface area contributed by atoms with E-state index in [-0.39, 0.29) is 0 Å². The molecule has 0 radical (unpaired) electrons. The summed E-state index contributed by atoms with van der Waals surface area (Å²) in [5.41, 5.74) is 2.08. The van der Waals surface area contributed by atoms with Gasteiger partial charge in [0.2, 0.25) is 0 Å². The van der Waals surface area contributed by atoms with Gasteiger partial charge in [-0.25, -0.2) is 17.6 Å². The molecule has 17 heavy (non-hydrogen) atoms. The number of rotatable bonds is 2. The SMILES string of the molecule is CNC(=O)c1c(F)c(F)c(F)c(F)c1C(N)=O. The summed E-state index contributed by atoms with van der Waals surface area (Å²) in [6, 6.07) is 0. The maximum Gasteiger partial charge on any atom is 0.255 e. The molecular weight excluding hydrogens is 244 g/mol. The summed E-state index contributed by atoms with van der Waals surface area (Å²) in [6.07, 6.45) is 0. The van der Waals surface area contributed by atoms with Gasteiger partial charge in [0.05, 0.1) is 11.1 Å². The van der Waals surface area contributed by atoms with Crippen LogP contribution >= 0.6 is 0 Å². The maximum atomic E-state index is 13.3. The summed E-state index contributed by atoms with van der Waals surface area (Å²) >= 11 is 0. The zero-order valence-corrected chi connectivity index (χ0v) is 8.41. The molecule has 0 atom stereocenters. The molecule has 0 saturated carbocycles. The molecule has 4 nitrogen and oxygen atoms in total. The van der Waals surface area contributed by atoms with Crippen LogP contribution in [0.2, 0.25) is 0 Å². The van der Waals surface area contributed by atoms with Crippen LogP contribution in [0.15, 0.2) is 0 Å². The van der Waals surface area contributed by atoms with Gasteiger partial charge < -0.3 is 11.1 Å². The number of primary amides is 1. The van der Waals surface area contributed by atoms with Crippen LogP contribution in [-0.2, 0) is 0 Å². The van der Waals surface area contributed by atoms with E-state index in [0.29, 0.717) is 0 Å². The Morgan fingerprint density at radius 2 is 1.35 bits per heavy atom. The summed E-state index contributed by atoms with van der Waals surface area (Å²) in [4.78, 5) is 22.0. The average molecular weight is 250 g/mol. The Labute approximate surface area is 92.4 Å². The molecule has 92 valence electrons. The molecule has 1 rings (SSSR count). The number of hydrogen-bond donors (Lipinski definition) is 2. The number of amides is 2. The summed E-state index contributed by atoms with van der Waals surface area (Å²) in [5, 5.41) is 1.85. The number of halogens is 4. The van der Waals surface area contributed by atoms with E-state index in [0.717, 1.165) is 7.05 Å². The van der Waals surface area contributed by atoms with E-state index in [1.807, 2.05) is 5.32 Å². The Morgan fingerprint density at radius 3 is 1.71 bits per heavy atom. The Balaban J connectivity index is 3.78. The van der Waals surface area contributed by atoms with Crippen LogP contribution in [0.3, 0.4) is 0 Å². The van der Waals surface area contributed by atoms with Gasteiger partial charge in [-0.05, 0) is 0 Å². The minimum absolute atomic E-state index is 1.03. The van der Waals surface area contributed by atoms with E-state index in [2.05, 4.69) is 5.73 Å². The van der Waals surface area contributed by atoms with Crippen molar-refractivity contribution in [2.45, 2.75) is 0 Å². The van der Waals surface area contributed by atoms with Gasteiger partial charge >= 0.3 is 0 Å². The Morgan fingerprint density at radius 1 is 0.941 bits per heavy atom. The van der Waals surface area contributed by atoms with Crippen molar-refractivity contribution < 1.29 is 27.2 Å². The van der Waals surface area contributed by atoms with Gasteiger partial charge in [-0.2, -0.15) is 0 Å². The minimum atomic E-state index is -2.20. The van der Waals surface area contributed by atoms with Crippen LogP contribution in [-0.4, -0.2) is 18.9 Å². The van der Waals surface area contributed by atoms with Crippen molar-refractivity contribution in [2.24, 2.45) is 5.73 Å². The van der Waals surface area contributed by atoms with Crippen LogP contribution in [0.25, 0.3) is 0 Å². The highest BCUT2D eigenvalue weighted by molar-refractivity contribution is 6.07. The van der Waals surface area contributed by atoms with Gasteiger partial charge in [0.15, 0.2) is 23.3 Å². The molecule has 0 aliphatic carbocycles. The van der Waals surface area contributed by atoms with Crippen molar-refractivity contribution in [3.63, 3.8) is 0 Å². The molecule has 0 aromatic heterocycles. The summed E-state index contributed by atoms with van der Waals surface area (Å²) < 4.78 is 52.1. The predicted molar refractivity (Wildman–Crippen MR) is 48.2 cm³/mol. The summed E-state index contributed by atoms with van der Waals surface area (Å²) in [6.45, 7) is 0. The van der Waals surface area contributed by atoms with E-state index >= 15 is 0 Å². The first-order chi connectivity index (χ1) is 7.82. The van der Waals surface area contributed by atoms with Gasteiger partial charge in [0.25, 0.3) is 11.8 Å². The lowest BCUT2D eigenvalue weighted by Gasteiger charge is -2.09. The molecule has 0 bridgehead atoms. The highest BCUT2D eigenvalue weighted by atomic mass is 19.2. The van der Waals surface area contributed by atoms with Gasteiger partial charge in [0, 0.05) is 7.05 Å². The van der Waals surface area contributed by atoms with Crippen molar-refractivity contribution in [2.75, 3.05) is 7.05 Å². The van der Waals surface area contributed by atoms with E-state index in [1.165, 1.54) is 0 Å². The first-order valence-electron chi connectivity index (χ1n) is 4.20. The van der Waals surface area contributed by atoms with Gasteiger partial charge in [0.1, 0.15) is 0 Å². The second-order valence-corrected chi connectivity index (χ2v) is 2.95. The zero-order chi connectivity index (χ0) is 13.3. The molecule has 0 heterocycles. The molecule has 2 amide bonds. The van der Waals surface area contributed by atoms with Crippen molar-refractivity contribution in [3.05, 3.63) is 34.4 Å². The number of carbonyl (C=O) groups excluding carboxylic acids is 2. The zero-order valence-electron chi connectivity index (χ0n) is 8.41. The number of benzene rings is 1. The lowest BCUT2D eigenvalue weighted by Crippen LogP contribution is -2.28. The lowest BCUT2D eigenvalue weighted by molar-refractivity contribution is 0.0934. The van der Waals surface area contributed by atoms with Crippen LogP contribution in [0.1, 0.15) is 20.7 Å². The molecule has 0 aliphatic heterocycles. The molecular formula is C9H6F4N2O2. The summed E-state index contributed by atoms with van der Waals surface area (Å²) in [7, 11) is 1.03. The lowest BCUT2D eigenvalue weighted by atomic mass is 10.0. The highest BCUT2D eigenvalue weighted by Crippen LogP contribution is 2.23. The molecule has 0 unspecified atom stereocenters. The van der Waals surface area contributed by atoms with E-state index in [4.69, 9.17) is 0 Å². The molecule has 8 heteroatoms. The quantitative estimate of drug-likeness (QED) is 0.460. The monoisotopic (exact) mass is 250 g/mol. The van der Waals surface area contributed by atoms with Crippen molar-refractivity contribution in [3.8, 4) is 0 Å². The number of nitrogens with one attached hydrogen (secondary N) is 1. The van der Waals surface area contributed by atoms with Crippen LogP contribution in [0, 0.1) is 23.3 Å². The first-order valence-corrected chi connectivity index (χ1v) is 4.20. The molecule has 1 aromatic rings. The fourth-order valence-electron chi connectivity index (χ4n) is 1.20. The normalized spacial score (nSPS) is 10.2. The van der Waals surface area contributed by atoms with Crippen LogP contribution < -0.4 is 11.1 Å². The van der Waals surface area contributed by atoms with Crippen molar-refractivity contribution in [1.82, 2.24) is 5.32 Å². The number of carbonyl (C=O) groups is 2.